The van der Waals surface area contributed by atoms with E-state index in [1.165, 1.54) is 0 Å². The lowest BCUT2D eigenvalue weighted by molar-refractivity contribution is -0.121. The molecule has 0 aliphatic carbocycles. The van der Waals surface area contributed by atoms with Gasteiger partial charge in [0.15, 0.2) is 11.5 Å². The van der Waals surface area contributed by atoms with E-state index in [0.717, 1.165) is 16.9 Å². The summed E-state index contributed by atoms with van der Waals surface area (Å²) in [7, 11) is 3.14. The number of hydrogen-bond donors (Lipinski definition) is 1. The van der Waals surface area contributed by atoms with Crippen molar-refractivity contribution in [3.05, 3.63) is 52.5 Å². The van der Waals surface area contributed by atoms with Gasteiger partial charge in [-0.25, -0.2) is 5.43 Å². The fourth-order valence-corrected chi connectivity index (χ4v) is 2.58. The van der Waals surface area contributed by atoms with Gasteiger partial charge in [-0.05, 0) is 60.9 Å². The van der Waals surface area contributed by atoms with Gasteiger partial charge in [-0.3, -0.25) is 4.79 Å². The lowest BCUT2D eigenvalue weighted by atomic mass is 10.2. The van der Waals surface area contributed by atoms with Gasteiger partial charge in [0.05, 0.1) is 27.0 Å². The van der Waals surface area contributed by atoms with Crippen LogP contribution in [0.1, 0.15) is 24.0 Å². The van der Waals surface area contributed by atoms with Crippen LogP contribution in [0.3, 0.4) is 0 Å². The summed E-state index contributed by atoms with van der Waals surface area (Å²) in [6, 6.07) is 10.8. The molecular formula is C20H23ClN2O4. The van der Waals surface area contributed by atoms with Crippen LogP contribution in [0.2, 0.25) is 5.02 Å². The van der Waals surface area contributed by atoms with Gasteiger partial charge in [0, 0.05) is 11.4 Å². The summed E-state index contributed by atoms with van der Waals surface area (Å²) in [4.78, 5) is 11.8. The highest BCUT2D eigenvalue weighted by molar-refractivity contribution is 6.30. The maximum atomic E-state index is 11.8. The summed E-state index contributed by atoms with van der Waals surface area (Å²) in [5.74, 6) is 1.83. The van der Waals surface area contributed by atoms with Crippen molar-refractivity contribution in [3.63, 3.8) is 0 Å². The minimum absolute atomic E-state index is 0.178. The zero-order valence-corrected chi connectivity index (χ0v) is 16.4. The van der Waals surface area contributed by atoms with Gasteiger partial charge in [0.1, 0.15) is 5.75 Å². The molecule has 0 saturated carbocycles. The number of halogens is 1. The molecular weight excluding hydrogens is 368 g/mol. The lowest BCUT2D eigenvalue weighted by Crippen LogP contribution is -2.18. The first kappa shape index (κ1) is 20.6. The van der Waals surface area contributed by atoms with Crippen LogP contribution < -0.4 is 19.6 Å². The number of amides is 1. The first-order valence-corrected chi connectivity index (χ1v) is 8.84. The van der Waals surface area contributed by atoms with E-state index in [2.05, 4.69) is 10.5 Å². The van der Waals surface area contributed by atoms with Gasteiger partial charge in [0.2, 0.25) is 5.91 Å². The normalized spacial score (nSPS) is 10.7. The zero-order valence-electron chi connectivity index (χ0n) is 15.6. The second kappa shape index (κ2) is 10.4. The van der Waals surface area contributed by atoms with Gasteiger partial charge in [-0.1, -0.05) is 11.6 Å². The fraction of sp³-hybridized carbons (Fsp3) is 0.300. The molecule has 0 saturated heterocycles. The third-order valence-corrected chi connectivity index (χ3v) is 3.99. The van der Waals surface area contributed by atoms with Crippen LogP contribution in [0.15, 0.2) is 41.5 Å². The molecule has 6 nitrogen and oxygen atoms in total. The minimum Gasteiger partial charge on any atom is -0.493 e. The van der Waals surface area contributed by atoms with E-state index in [4.69, 9.17) is 25.8 Å². The second-order valence-electron chi connectivity index (χ2n) is 5.77. The number of rotatable bonds is 9. The first-order valence-electron chi connectivity index (χ1n) is 8.46. The molecule has 2 rings (SSSR count). The van der Waals surface area contributed by atoms with Gasteiger partial charge >= 0.3 is 0 Å². The summed E-state index contributed by atoms with van der Waals surface area (Å²) >= 11 is 5.91. The molecule has 2 aromatic rings. The van der Waals surface area contributed by atoms with Crippen LogP contribution in [0.25, 0.3) is 0 Å². The van der Waals surface area contributed by atoms with Gasteiger partial charge in [0.25, 0.3) is 0 Å². The molecule has 0 spiro atoms. The second-order valence-corrected chi connectivity index (χ2v) is 6.21. The average Bonchev–Trinajstić information content (AvgIpc) is 2.66. The number of hydrogen-bond acceptors (Lipinski definition) is 5. The molecule has 0 fully saturated rings. The van der Waals surface area contributed by atoms with Crippen molar-refractivity contribution in [2.75, 3.05) is 20.8 Å². The summed E-state index contributed by atoms with van der Waals surface area (Å²) in [5, 5.41) is 4.63. The minimum atomic E-state index is -0.178. The number of carbonyl (C=O) groups is 1. The van der Waals surface area contributed by atoms with Crippen molar-refractivity contribution < 1.29 is 19.0 Å². The predicted octanol–water partition coefficient (Wildman–Crippen LogP) is 3.97. The quantitative estimate of drug-likeness (QED) is 0.399. The van der Waals surface area contributed by atoms with E-state index >= 15 is 0 Å². The number of benzene rings is 2. The number of ether oxygens (including phenoxy) is 3. The first-order chi connectivity index (χ1) is 13.0. The molecule has 1 N–H and O–H groups in total. The number of nitrogens with one attached hydrogen (secondary N) is 1. The largest absolute Gasteiger partial charge is 0.493 e. The molecule has 0 unspecified atom stereocenters. The monoisotopic (exact) mass is 390 g/mol. The van der Waals surface area contributed by atoms with Crippen LogP contribution in [0.5, 0.6) is 17.2 Å². The average molecular weight is 391 g/mol. The Balaban J connectivity index is 1.73. The van der Waals surface area contributed by atoms with Gasteiger partial charge in [-0.2, -0.15) is 5.10 Å². The van der Waals surface area contributed by atoms with E-state index in [0.29, 0.717) is 36.0 Å². The predicted molar refractivity (Wildman–Crippen MR) is 106 cm³/mol. The highest BCUT2D eigenvalue weighted by atomic mass is 35.5. The molecule has 7 heteroatoms. The standard InChI is InChI=1S/C20H23ClN2O4/c1-14-11-16(21)7-9-17(14)27-10-4-5-20(24)23-22-13-15-6-8-18(25-2)19(12-15)26-3/h6-9,11-13H,4-5,10H2,1-3H3,(H,23,24). The highest BCUT2D eigenvalue weighted by Crippen LogP contribution is 2.26. The Bertz CT molecular complexity index is 809. The van der Waals surface area contributed by atoms with Crippen molar-refractivity contribution in [3.8, 4) is 17.2 Å². The van der Waals surface area contributed by atoms with E-state index in [1.54, 1.807) is 38.6 Å². The maximum absolute atomic E-state index is 11.8. The molecule has 0 bridgehead atoms. The molecule has 0 aromatic heterocycles. The molecule has 0 aliphatic heterocycles. The molecule has 0 heterocycles. The van der Waals surface area contributed by atoms with Crippen molar-refractivity contribution in [2.45, 2.75) is 19.8 Å². The molecule has 27 heavy (non-hydrogen) atoms. The van der Waals surface area contributed by atoms with Gasteiger partial charge in [-0.15, -0.1) is 0 Å². The van der Waals surface area contributed by atoms with Crippen molar-refractivity contribution in [2.24, 2.45) is 5.10 Å². The topological polar surface area (TPSA) is 69.2 Å². The van der Waals surface area contributed by atoms with Crippen LogP contribution >= 0.6 is 11.6 Å². The molecule has 0 radical (unpaired) electrons. The molecule has 2 aromatic carbocycles. The van der Waals surface area contributed by atoms with Gasteiger partial charge < -0.3 is 14.2 Å². The van der Waals surface area contributed by atoms with Crippen LogP contribution in [-0.4, -0.2) is 32.9 Å². The number of nitrogens with zero attached hydrogens (tertiary/aromatic N) is 1. The third kappa shape index (κ3) is 6.49. The smallest absolute Gasteiger partial charge is 0.240 e. The van der Waals surface area contributed by atoms with Crippen molar-refractivity contribution in [1.82, 2.24) is 5.43 Å². The Hall–Kier alpha value is -2.73. The number of methoxy groups -OCH3 is 2. The lowest BCUT2D eigenvalue weighted by Gasteiger charge is -2.09. The Morgan fingerprint density at radius 1 is 1.11 bits per heavy atom. The zero-order chi connectivity index (χ0) is 19.6. The molecule has 0 atom stereocenters. The summed E-state index contributed by atoms with van der Waals surface area (Å²) in [6.07, 6.45) is 2.45. The Labute approximate surface area is 164 Å². The number of aryl methyl sites for hydroxylation is 1. The van der Waals surface area contributed by atoms with E-state index in [-0.39, 0.29) is 5.91 Å². The van der Waals surface area contributed by atoms with E-state index in [1.807, 2.05) is 25.1 Å². The number of hydrazone groups is 1. The Morgan fingerprint density at radius 2 is 1.85 bits per heavy atom. The Kier molecular flexibility index (Phi) is 7.95. The van der Waals surface area contributed by atoms with E-state index < -0.39 is 0 Å². The third-order valence-electron chi connectivity index (χ3n) is 3.75. The summed E-state index contributed by atoms with van der Waals surface area (Å²) in [5.41, 5.74) is 4.25. The van der Waals surface area contributed by atoms with Crippen molar-refractivity contribution in [1.29, 1.82) is 0 Å². The van der Waals surface area contributed by atoms with Crippen LogP contribution in [-0.2, 0) is 4.79 Å². The van der Waals surface area contributed by atoms with Crippen LogP contribution in [0, 0.1) is 6.92 Å². The molecule has 1 amide bonds. The molecule has 144 valence electrons. The van der Waals surface area contributed by atoms with Crippen LogP contribution in [0.4, 0.5) is 0 Å². The highest BCUT2D eigenvalue weighted by Gasteiger charge is 2.04. The number of carbonyl (C=O) groups excluding carboxylic acids is 1. The Morgan fingerprint density at radius 3 is 2.56 bits per heavy atom. The molecule has 0 aliphatic rings. The SMILES string of the molecule is COc1ccc(C=NNC(=O)CCCOc2ccc(Cl)cc2C)cc1OC. The van der Waals surface area contributed by atoms with Crippen molar-refractivity contribution >= 4 is 23.7 Å². The summed E-state index contributed by atoms with van der Waals surface area (Å²) < 4.78 is 16.1. The fourth-order valence-electron chi connectivity index (χ4n) is 2.36. The summed E-state index contributed by atoms with van der Waals surface area (Å²) in [6.45, 7) is 2.37. The van der Waals surface area contributed by atoms with E-state index in [9.17, 15) is 4.79 Å². The maximum Gasteiger partial charge on any atom is 0.240 e.